The van der Waals surface area contributed by atoms with Crippen LogP contribution < -0.4 is 16.4 Å². The van der Waals surface area contributed by atoms with E-state index in [9.17, 15) is 13.6 Å². The fourth-order valence-corrected chi connectivity index (χ4v) is 7.01. The number of unbranched alkanes of at least 4 members (excludes halogenated alkanes) is 1. The molecule has 1 saturated heterocycles. The number of alkyl halides is 2. The number of nitrogens with two attached hydrogens (primary N) is 1. The molecule has 2 heterocycles. The molecular formula is C33H52F2N6OS2. The van der Waals surface area contributed by atoms with Gasteiger partial charge in [-0.05, 0) is 75.2 Å². The summed E-state index contributed by atoms with van der Waals surface area (Å²) in [4.78, 5) is 23.1. The predicted octanol–water partition coefficient (Wildman–Crippen LogP) is 4.68. The zero-order valence-corrected chi connectivity index (χ0v) is 27.8. The number of aryl methyl sites for hydroxylation is 1. The van der Waals surface area contributed by atoms with Gasteiger partial charge in [0, 0.05) is 63.7 Å². The van der Waals surface area contributed by atoms with Crippen LogP contribution in [0.4, 0.5) is 8.78 Å². The van der Waals surface area contributed by atoms with E-state index >= 15 is 0 Å². The van der Waals surface area contributed by atoms with Gasteiger partial charge in [-0.15, -0.1) is 0 Å². The first-order chi connectivity index (χ1) is 20.4. The van der Waals surface area contributed by atoms with Crippen LogP contribution in [0.3, 0.4) is 0 Å². The summed E-state index contributed by atoms with van der Waals surface area (Å²) in [6, 6.07) is 14.8. The molecule has 1 amide bonds. The standard InChI is InChI=1S/C33H48F2N6O.2H2S/c34-33(35)15-13-27(14-16-33)32(42)39-29(25-8-2-1-3-9-25)24-40-21-19-37-28(22-40)23-41(20-5-4-17-36)30-12-6-10-26-11-7-18-38-31(26)30;;/h1-3,7-9,11,18,27-30,37H,4-6,10,12-17,19-24,36H2,(H,39,42);2*1H2/t28-,29+,30-;;/m0../s1. The summed E-state index contributed by atoms with van der Waals surface area (Å²) in [5.74, 6) is -3.08. The van der Waals surface area contributed by atoms with Gasteiger partial charge in [0.15, 0.2) is 0 Å². The molecule has 0 spiro atoms. The van der Waals surface area contributed by atoms with Gasteiger partial charge in [0.1, 0.15) is 0 Å². The predicted molar refractivity (Wildman–Crippen MR) is 183 cm³/mol. The Morgan fingerprint density at radius 1 is 1.11 bits per heavy atom. The minimum atomic E-state index is -2.64. The van der Waals surface area contributed by atoms with Crippen molar-refractivity contribution < 1.29 is 13.6 Å². The third-order valence-electron chi connectivity index (χ3n) is 9.35. The number of piperazine rings is 1. The van der Waals surface area contributed by atoms with E-state index in [1.807, 2.05) is 42.6 Å². The van der Waals surface area contributed by atoms with E-state index in [0.717, 1.165) is 64.0 Å². The molecule has 2 aliphatic carbocycles. The minimum absolute atomic E-state index is 0. The van der Waals surface area contributed by atoms with Gasteiger partial charge >= 0.3 is 0 Å². The molecule has 7 nitrogen and oxygen atoms in total. The first-order valence-corrected chi connectivity index (χ1v) is 16.0. The summed E-state index contributed by atoms with van der Waals surface area (Å²) in [7, 11) is 0. The fourth-order valence-electron chi connectivity index (χ4n) is 7.01. The lowest BCUT2D eigenvalue weighted by molar-refractivity contribution is -0.130. The van der Waals surface area contributed by atoms with Crippen molar-refractivity contribution in [3.05, 3.63) is 65.5 Å². The van der Waals surface area contributed by atoms with Crippen molar-refractivity contribution in [1.82, 2.24) is 25.4 Å². The molecule has 0 radical (unpaired) electrons. The number of hydrogen-bond acceptors (Lipinski definition) is 6. The molecule has 4 N–H and O–H groups in total. The number of halogens is 2. The number of benzene rings is 1. The summed E-state index contributed by atoms with van der Waals surface area (Å²) < 4.78 is 27.5. The maximum absolute atomic E-state index is 13.7. The van der Waals surface area contributed by atoms with E-state index in [1.165, 1.54) is 17.7 Å². The van der Waals surface area contributed by atoms with Crippen LogP contribution in [0.25, 0.3) is 0 Å². The molecule has 5 rings (SSSR count). The number of aromatic nitrogens is 1. The van der Waals surface area contributed by atoms with E-state index in [1.54, 1.807) is 0 Å². The van der Waals surface area contributed by atoms with Crippen LogP contribution >= 0.6 is 27.0 Å². The highest BCUT2D eigenvalue weighted by atomic mass is 32.1. The van der Waals surface area contributed by atoms with Crippen LogP contribution in [0, 0.1) is 5.92 Å². The summed E-state index contributed by atoms with van der Waals surface area (Å²) in [6.45, 7) is 5.99. The van der Waals surface area contributed by atoms with Gasteiger partial charge in [-0.25, -0.2) is 8.78 Å². The van der Waals surface area contributed by atoms with Crippen molar-refractivity contribution >= 4 is 32.9 Å². The van der Waals surface area contributed by atoms with Gasteiger partial charge in [0.05, 0.1) is 17.8 Å². The molecule has 2 fully saturated rings. The fraction of sp³-hybridized carbons (Fsp3) is 0.636. The van der Waals surface area contributed by atoms with E-state index in [4.69, 9.17) is 10.7 Å². The lowest BCUT2D eigenvalue weighted by atomic mass is 9.86. The summed E-state index contributed by atoms with van der Waals surface area (Å²) in [6.07, 6.45) is 7.49. The second kappa shape index (κ2) is 17.8. The quantitative estimate of drug-likeness (QED) is 0.290. The molecule has 0 unspecified atom stereocenters. The van der Waals surface area contributed by atoms with Crippen LogP contribution in [0.2, 0.25) is 0 Å². The van der Waals surface area contributed by atoms with Gasteiger partial charge in [0.2, 0.25) is 11.8 Å². The lowest BCUT2D eigenvalue weighted by Gasteiger charge is -2.41. The smallest absolute Gasteiger partial charge is 0.248 e. The summed E-state index contributed by atoms with van der Waals surface area (Å²) >= 11 is 0. The molecule has 1 aromatic heterocycles. The zero-order chi connectivity index (χ0) is 29.4. The molecule has 44 heavy (non-hydrogen) atoms. The molecule has 1 aromatic carbocycles. The Morgan fingerprint density at radius 2 is 1.89 bits per heavy atom. The average molecular weight is 651 g/mol. The number of fused-ring (bicyclic) bond motifs is 1. The molecule has 3 aliphatic rings. The Morgan fingerprint density at radius 3 is 2.64 bits per heavy atom. The highest BCUT2D eigenvalue weighted by molar-refractivity contribution is 7.59. The van der Waals surface area contributed by atoms with Crippen LogP contribution in [-0.2, 0) is 11.2 Å². The first-order valence-electron chi connectivity index (χ1n) is 16.0. The Labute approximate surface area is 276 Å². The van der Waals surface area contributed by atoms with E-state index < -0.39 is 5.92 Å². The normalized spacial score (nSPS) is 22.7. The van der Waals surface area contributed by atoms with Gasteiger partial charge < -0.3 is 16.4 Å². The third-order valence-corrected chi connectivity index (χ3v) is 9.35. The molecule has 246 valence electrons. The number of pyridine rings is 1. The highest BCUT2D eigenvalue weighted by Gasteiger charge is 2.38. The number of nitrogens with zero attached hydrogens (tertiary/aromatic N) is 3. The Balaban J connectivity index is 0.00000264. The van der Waals surface area contributed by atoms with Gasteiger partial charge in [-0.2, -0.15) is 27.0 Å². The Hall–Kier alpha value is -1.76. The lowest BCUT2D eigenvalue weighted by Crippen LogP contribution is -2.56. The Bertz CT molecular complexity index is 1140. The van der Waals surface area contributed by atoms with E-state index in [0.29, 0.717) is 25.2 Å². The minimum Gasteiger partial charge on any atom is -0.348 e. The molecule has 2 aromatic rings. The average Bonchev–Trinajstić information content (AvgIpc) is 3.00. The Kier molecular flexibility index (Phi) is 14.9. The molecule has 1 aliphatic heterocycles. The maximum Gasteiger partial charge on any atom is 0.248 e. The van der Waals surface area contributed by atoms with Crippen molar-refractivity contribution in [2.24, 2.45) is 11.7 Å². The van der Waals surface area contributed by atoms with Gasteiger partial charge in [0.25, 0.3) is 0 Å². The van der Waals surface area contributed by atoms with Crippen LogP contribution in [0.15, 0.2) is 48.7 Å². The van der Waals surface area contributed by atoms with Crippen molar-refractivity contribution in [3.63, 3.8) is 0 Å². The summed E-state index contributed by atoms with van der Waals surface area (Å²) in [5.41, 5.74) is 9.51. The molecule has 0 bridgehead atoms. The van der Waals surface area contributed by atoms with Crippen LogP contribution in [-0.4, -0.2) is 78.5 Å². The highest BCUT2D eigenvalue weighted by Crippen LogP contribution is 2.37. The number of carbonyl (C=O) groups excluding carboxylic acids is 1. The van der Waals surface area contributed by atoms with E-state index in [2.05, 4.69) is 26.5 Å². The number of hydrogen-bond donors (Lipinski definition) is 3. The second-order valence-electron chi connectivity index (χ2n) is 12.5. The van der Waals surface area contributed by atoms with Crippen LogP contribution in [0.1, 0.15) is 80.3 Å². The topological polar surface area (TPSA) is 86.5 Å². The van der Waals surface area contributed by atoms with Crippen LogP contribution in [0.5, 0.6) is 0 Å². The first kappa shape index (κ1) is 36.7. The number of amides is 1. The van der Waals surface area contributed by atoms with Crippen molar-refractivity contribution in [3.8, 4) is 0 Å². The van der Waals surface area contributed by atoms with Crippen molar-refractivity contribution in [2.75, 3.05) is 45.8 Å². The zero-order valence-electron chi connectivity index (χ0n) is 25.8. The maximum atomic E-state index is 13.7. The number of carbonyl (C=O) groups is 1. The van der Waals surface area contributed by atoms with Gasteiger partial charge in [-0.1, -0.05) is 36.4 Å². The van der Waals surface area contributed by atoms with Crippen molar-refractivity contribution in [2.45, 2.75) is 81.8 Å². The number of rotatable bonds is 12. The number of nitrogens with one attached hydrogen (secondary N) is 2. The molecule has 3 atom stereocenters. The monoisotopic (exact) mass is 650 g/mol. The van der Waals surface area contributed by atoms with Crippen molar-refractivity contribution in [1.29, 1.82) is 0 Å². The van der Waals surface area contributed by atoms with Gasteiger partial charge in [-0.3, -0.25) is 19.6 Å². The second-order valence-corrected chi connectivity index (χ2v) is 12.5. The van der Waals surface area contributed by atoms with E-state index in [-0.39, 0.29) is 70.5 Å². The summed E-state index contributed by atoms with van der Waals surface area (Å²) in [5, 5.41) is 7.01. The molecular weight excluding hydrogens is 599 g/mol. The SMILES string of the molecule is NCCCCN(C[C@@H]1CN(C[C@@H](NC(=O)C2CCC(F)(F)CC2)c2ccccc2)CCN1)[C@H]1CCCc2cccnc21.S.S. The molecule has 11 heteroatoms. The third kappa shape index (κ3) is 10.1. The molecule has 1 saturated carbocycles. The largest absolute Gasteiger partial charge is 0.348 e.